The van der Waals surface area contributed by atoms with Crippen LogP contribution in [0.4, 0.5) is 5.13 Å². The number of carboxylic acids is 1. The number of oxime groups is 1. The number of aromatic nitrogens is 1. The standard InChI is InChI=1S/C17H17N5O7S2.Na/c1-3-29-21-10(9-6-31-17(18)19-9)13(24)20-11-14(25)22-12(16(26)27)8(4-28-7(2)23)5-30-15(11)22;/h3,6,11,15H,1,4-5H2,2H3,(H2,18,19)(H,20,24)(H,26,27);/q;+1/p-1/b21-10-;/t11-,15-;/m1./s1. The molecule has 1 fully saturated rings. The van der Waals surface area contributed by atoms with E-state index in [4.69, 9.17) is 15.3 Å². The number of nitrogens with one attached hydrogen (secondary N) is 1. The number of hydrogen-bond acceptors (Lipinski definition) is 12. The number of rotatable bonds is 8. The molecule has 3 rings (SSSR count). The van der Waals surface area contributed by atoms with Gasteiger partial charge in [-0.2, -0.15) is 0 Å². The Balaban J connectivity index is 0.00000363. The number of aliphatic carboxylic acids is 1. The number of carboxylic acid groups (broad SMARTS) is 1. The minimum atomic E-state index is -1.58. The molecule has 3 N–H and O–H groups in total. The van der Waals surface area contributed by atoms with E-state index < -0.39 is 35.2 Å². The summed E-state index contributed by atoms with van der Waals surface area (Å²) in [7, 11) is 0. The Labute approximate surface area is 212 Å². The Morgan fingerprint density at radius 2 is 2.22 bits per heavy atom. The molecule has 1 aromatic heterocycles. The summed E-state index contributed by atoms with van der Waals surface area (Å²) in [6, 6.07) is -1.02. The summed E-state index contributed by atoms with van der Waals surface area (Å²) in [5.41, 5.74) is 5.37. The minimum Gasteiger partial charge on any atom is -0.543 e. The van der Waals surface area contributed by atoms with E-state index in [1.165, 1.54) is 24.1 Å². The van der Waals surface area contributed by atoms with Gasteiger partial charge in [0.1, 0.15) is 30.0 Å². The third-order valence-electron chi connectivity index (χ3n) is 4.18. The van der Waals surface area contributed by atoms with Crippen LogP contribution < -0.4 is 45.7 Å². The fraction of sp³-hybridized carbons (Fsp3) is 0.294. The first-order valence-electron chi connectivity index (χ1n) is 8.63. The van der Waals surface area contributed by atoms with Crippen LogP contribution in [0.5, 0.6) is 0 Å². The van der Waals surface area contributed by atoms with Crippen molar-refractivity contribution in [3.63, 3.8) is 0 Å². The maximum Gasteiger partial charge on any atom is 1.00 e. The van der Waals surface area contributed by atoms with Gasteiger partial charge in [0.25, 0.3) is 11.8 Å². The molecular formula is C17H16N5NaO7S2. The number of esters is 1. The molecule has 3 heterocycles. The van der Waals surface area contributed by atoms with E-state index in [2.05, 4.69) is 22.0 Å². The molecule has 164 valence electrons. The van der Waals surface area contributed by atoms with Crippen molar-refractivity contribution in [1.29, 1.82) is 0 Å². The first-order chi connectivity index (χ1) is 14.7. The van der Waals surface area contributed by atoms with Gasteiger partial charge in [-0.05, 0) is 0 Å². The zero-order valence-corrected chi connectivity index (χ0v) is 20.7. The predicted octanol–water partition coefficient (Wildman–Crippen LogP) is -4.44. The summed E-state index contributed by atoms with van der Waals surface area (Å²) in [6.07, 6.45) is 0.998. The fourth-order valence-corrected chi connectivity index (χ4v) is 4.75. The molecule has 15 heteroatoms. The second-order valence-electron chi connectivity index (χ2n) is 6.16. The van der Waals surface area contributed by atoms with Crippen LogP contribution in [-0.2, 0) is 28.8 Å². The van der Waals surface area contributed by atoms with Crippen LogP contribution in [0.25, 0.3) is 0 Å². The van der Waals surface area contributed by atoms with E-state index in [0.29, 0.717) is 0 Å². The number of anilines is 1. The van der Waals surface area contributed by atoms with Gasteiger partial charge in [-0.1, -0.05) is 11.7 Å². The molecule has 0 bridgehead atoms. The summed E-state index contributed by atoms with van der Waals surface area (Å²) >= 11 is 2.29. The Bertz CT molecular complexity index is 1020. The van der Waals surface area contributed by atoms with Crippen LogP contribution in [0.15, 0.2) is 34.6 Å². The van der Waals surface area contributed by atoms with Gasteiger partial charge in [-0.3, -0.25) is 19.3 Å². The molecule has 32 heavy (non-hydrogen) atoms. The number of fused-ring (bicyclic) bond motifs is 1. The van der Waals surface area contributed by atoms with Crippen LogP contribution in [0.2, 0.25) is 0 Å². The Kier molecular flexibility index (Phi) is 8.86. The number of nitrogens with zero attached hydrogens (tertiary/aromatic N) is 3. The van der Waals surface area contributed by atoms with E-state index in [1.807, 2.05) is 0 Å². The molecule has 2 atom stereocenters. The molecule has 0 unspecified atom stereocenters. The smallest absolute Gasteiger partial charge is 0.543 e. The summed E-state index contributed by atoms with van der Waals surface area (Å²) < 4.78 is 4.85. The number of thioether (sulfide) groups is 1. The fourth-order valence-electron chi connectivity index (χ4n) is 2.87. The third kappa shape index (κ3) is 5.32. The first-order valence-corrected chi connectivity index (χ1v) is 10.6. The third-order valence-corrected chi connectivity index (χ3v) is 6.19. The molecule has 0 aromatic carbocycles. The summed E-state index contributed by atoms with van der Waals surface area (Å²) in [5, 5.41) is 18.8. The van der Waals surface area contributed by atoms with Crippen LogP contribution >= 0.6 is 23.1 Å². The van der Waals surface area contributed by atoms with E-state index in [9.17, 15) is 24.3 Å². The quantitative estimate of drug-likeness (QED) is 0.0905. The van der Waals surface area contributed by atoms with Crippen LogP contribution in [0.3, 0.4) is 0 Å². The molecule has 0 spiro atoms. The summed E-state index contributed by atoms with van der Waals surface area (Å²) in [5.74, 6) is -3.43. The number of amides is 2. The van der Waals surface area contributed by atoms with Gasteiger partial charge in [0.2, 0.25) is 0 Å². The SMILES string of the molecule is C=CO/N=C(\C(=O)N[C@@H]1C(=O)N2C(C(=O)[O-])=C(COC(C)=O)CS[C@H]12)c1csc(N)n1.[Na+]. The van der Waals surface area contributed by atoms with Gasteiger partial charge in [-0.25, -0.2) is 4.98 Å². The van der Waals surface area contributed by atoms with Gasteiger partial charge in [0.15, 0.2) is 10.8 Å². The normalized spacial score (nSPS) is 19.8. The van der Waals surface area contributed by atoms with Gasteiger partial charge < -0.3 is 30.5 Å². The number of thiazole rings is 1. The Hall–Kier alpha value is -2.39. The number of hydrogen-bond donors (Lipinski definition) is 2. The van der Waals surface area contributed by atoms with Crippen molar-refractivity contribution >= 4 is 57.7 Å². The first kappa shape index (κ1) is 25.9. The molecule has 2 aliphatic rings. The molecule has 2 amide bonds. The van der Waals surface area contributed by atoms with E-state index in [0.717, 1.165) is 22.5 Å². The zero-order chi connectivity index (χ0) is 22.7. The average Bonchev–Trinajstić information content (AvgIpc) is 3.15. The number of β-lactam (4-membered cyclic amide) rings is 1. The minimum absolute atomic E-state index is 0. The molecule has 0 saturated carbocycles. The van der Waals surface area contributed by atoms with Gasteiger partial charge in [-0.15, -0.1) is 23.1 Å². The van der Waals surface area contributed by atoms with Crippen LogP contribution in [0.1, 0.15) is 12.6 Å². The maximum atomic E-state index is 12.7. The van der Waals surface area contributed by atoms with Crippen molar-refractivity contribution in [2.45, 2.75) is 18.3 Å². The number of carbonyl (C=O) groups excluding carboxylic acids is 4. The molecule has 1 saturated heterocycles. The number of nitrogens with two attached hydrogens (primary N) is 1. The second-order valence-corrected chi connectivity index (χ2v) is 8.16. The van der Waals surface area contributed by atoms with Crippen molar-refractivity contribution in [1.82, 2.24) is 15.2 Å². The maximum absolute atomic E-state index is 12.7. The van der Waals surface area contributed by atoms with Crippen molar-refractivity contribution in [2.24, 2.45) is 5.16 Å². The van der Waals surface area contributed by atoms with Gasteiger partial charge in [0.05, 0.1) is 11.7 Å². The largest absolute Gasteiger partial charge is 1.00 e. The van der Waals surface area contributed by atoms with Crippen molar-refractivity contribution in [3.8, 4) is 0 Å². The zero-order valence-electron chi connectivity index (χ0n) is 17.0. The van der Waals surface area contributed by atoms with Crippen molar-refractivity contribution in [2.75, 3.05) is 18.1 Å². The van der Waals surface area contributed by atoms with Crippen LogP contribution in [-0.4, -0.2) is 63.1 Å². The van der Waals surface area contributed by atoms with Crippen molar-refractivity contribution < 1.29 is 63.4 Å². The molecule has 1 aromatic rings. The number of carbonyl (C=O) groups is 4. The van der Waals surface area contributed by atoms with Gasteiger partial charge >= 0.3 is 35.5 Å². The van der Waals surface area contributed by atoms with E-state index >= 15 is 0 Å². The Morgan fingerprint density at radius 3 is 2.78 bits per heavy atom. The van der Waals surface area contributed by atoms with Gasteiger partial charge in [0, 0.05) is 23.6 Å². The summed E-state index contributed by atoms with van der Waals surface area (Å²) in [4.78, 5) is 57.8. The average molecular weight is 489 g/mol. The van der Waals surface area contributed by atoms with Crippen LogP contribution in [0, 0.1) is 0 Å². The topological polar surface area (TPSA) is 176 Å². The summed E-state index contributed by atoms with van der Waals surface area (Å²) in [6.45, 7) is 4.24. The number of ether oxygens (including phenoxy) is 1. The van der Waals surface area contributed by atoms with E-state index in [1.54, 1.807) is 0 Å². The molecule has 0 radical (unpaired) electrons. The predicted molar refractivity (Wildman–Crippen MR) is 108 cm³/mol. The monoisotopic (exact) mass is 489 g/mol. The second kappa shape index (κ2) is 11.0. The molecular weight excluding hydrogens is 473 g/mol. The van der Waals surface area contributed by atoms with E-state index in [-0.39, 0.29) is 69.7 Å². The molecule has 12 nitrogen and oxygen atoms in total. The van der Waals surface area contributed by atoms with Crippen molar-refractivity contribution in [3.05, 3.63) is 35.2 Å². The number of nitrogen functional groups attached to an aromatic ring is 1. The Morgan fingerprint density at radius 1 is 1.50 bits per heavy atom. The molecule has 0 aliphatic carbocycles. The molecule has 2 aliphatic heterocycles.